The molecule has 31 heavy (non-hydrogen) atoms. The van der Waals surface area contributed by atoms with Crippen LogP contribution in [0.2, 0.25) is 0 Å². The van der Waals surface area contributed by atoms with E-state index >= 15 is 0 Å². The molecule has 5 rings (SSSR count). The lowest BCUT2D eigenvalue weighted by Crippen LogP contribution is -2.32. The summed E-state index contributed by atoms with van der Waals surface area (Å²) in [5.41, 5.74) is 1.90. The number of aromatic nitrogens is 6. The monoisotopic (exact) mass is 425 g/mol. The Bertz CT molecular complexity index is 1110. The molecule has 4 heterocycles. The smallest absolute Gasteiger partial charge is 0.245 e. The van der Waals surface area contributed by atoms with Gasteiger partial charge in [-0.15, -0.1) is 0 Å². The minimum atomic E-state index is -0.553. The van der Waals surface area contributed by atoms with Crippen molar-refractivity contribution >= 4 is 17.1 Å². The van der Waals surface area contributed by atoms with E-state index in [-0.39, 0.29) is 17.7 Å². The predicted molar refractivity (Wildman–Crippen MR) is 110 cm³/mol. The van der Waals surface area contributed by atoms with Crippen molar-refractivity contribution in [3.05, 3.63) is 24.5 Å². The van der Waals surface area contributed by atoms with Gasteiger partial charge in [-0.2, -0.15) is 4.98 Å². The average molecular weight is 425 g/mol. The maximum absolute atomic E-state index is 13.7. The Morgan fingerprint density at radius 3 is 2.65 bits per heavy atom. The van der Waals surface area contributed by atoms with Crippen molar-refractivity contribution in [3.63, 3.8) is 0 Å². The maximum Gasteiger partial charge on any atom is 0.245 e. The number of imidazole rings is 1. The van der Waals surface area contributed by atoms with E-state index in [0.29, 0.717) is 48.3 Å². The first-order valence-corrected chi connectivity index (χ1v) is 10.6. The number of halogens is 1. The highest BCUT2D eigenvalue weighted by Crippen LogP contribution is 2.34. The lowest BCUT2D eigenvalue weighted by atomic mass is 10.1. The van der Waals surface area contributed by atoms with Crippen LogP contribution in [-0.2, 0) is 11.3 Å². The summed E-state index contributed by atoms with van der Waals surface area (Å²) in [6.45, 7) is 4.64. The predicted octanol–water partition coefficient (Wildman–Crippen LogP) is 2.20. The van der Waals surface area contributed by atoms with Gasteiger partial charge in [0.25, 0.3) is 0 Å². The number of rotatable bonds is 6. The first-order chi connectivity index (χ1) is 15.1. The zero-order chi connectivity index (χ0) is 21.5. The molecule has 9 nitrogen and oxygen atoms in total. The van der Waals surface area contributed by atoms with E-state index < -0.39 is 12.8 Å². The number of carbonyl (C=O) groups is 1. The number of fused-ring (bicyclic) bond motifs is 1. The van der Waals surface area contributed by atoms with Crippen molar-refractivity contribution < 1.29 is 13.9 Å². The van der Waals surface area contributed by atoms with Crippen molar-refractivity contribution in [1.29, 1.82) is 0 Å². The highest BCUT2D eigenvalue weighted by Gasteiger charge is 2.42. The van der Waals surface area contributed by atoms with E-state index in [4.69, 9.17) is 9.72 Å². The minimum absolute atomic E-state index is 0.101. The third kappa shape index (κ3) is 3.60. The Labute approximate surface area is 178 Å². The third-order valence-corrected chi connectivity index (χ3v) is 5.93. The van der Waals surface area contributed by atoms with Crippen LogP contribution >= 0.6 is 0 Å². The molecule has 2 aliphatic rings. The molecule has 2 atom stereocenters. The van der Waals surface area contributed by atoms with Crippen LogP contribution in [0.15, 0.2) is 18.7 Å². The number of ether oxygens (including phenoxy) is 1. The quantitative estimate of drug-likeness (QED) is 0.597. The fourth-order valence-corrected chi connectivity index (χ4v) is 4.06. The van der Waals surface area contributed by atoms with Crippen molar-refractivity contribution in [2.75, 3.05) is 19.8 Å². The molecule has 2 fully saturated rings. The number of carbonyl (C=O) groups excluding carboxylic acids is 1. The van der Waals surface area contributed by atoms with Gasteiger partial charge in [0.2, 0.25) is 11.8 Å². The van der Waals surface area contributed by atoms with Gasteiger partial charge in [-0.25, -0.2) is 19.9 Å². The van der Waals surface area contributed by atoms with Crippen LogP contribution in [0.4, 0.5) is 4.39 Å². The summed E-state index contributed by atoms with van der Waals surface area (Å²) < 4.78 is 21.8. The second kappa shape index (κ2) is 7.82. The van der Waals surface area contributed by atoms with Gasteiger partial charge in [0.1, 0.15) is 24.1 Å². The topological polar surface area (TPSA) is 98.9 Å². The second-order valence-electron chi connectivity index (χ2n) is 8.14. The number of alkyl halides is 1. The van der Waals surface area contributed by atoms with Gasteiger partial charge in [0, 0.05) is 37.3 Å². The minimum Gasteiger partial charge on any atom is -0.470 e. The summed E-state index contributed by atoms with van der Waals surface area (Å²) in [6, 6.07) is 0. The van der Waals surface area contributed by atoms with E-state index in [2.05, 4.69) is 19.9 Å². The van der Waals surface area contributed by atoms with Crippen molar-refractivity contribution in [2.45, 2.75) is 39.3 Å². The molecule has 3 aromatic rings. The van der Waals surface area contributed by atoms with Crippen LogP contribution in [0.25, 0.3) is 22.6 Å². The number of hydrogen-bond donors (Lipinski definition) is 0. The zero-order valence-electron chi connectivity index (χ0n) is 17.5. The SMILES string of the molecule is CCn1c(-c2cnc(C)nc2)nc2c(OC3CN(C(=O)C4CC4)C[C@H]3CF)ncnc21. The van der Waals surface area contributed by atoms with Gasteiger partial charge in [-0.05, 0) is 26.7 Å². The molecule has 1 unspecified atom stereocenters. The number of hydrogen-bond acceptors (Lipinski definition) is 7. The highest BCUT2D eigenvalue weighted by atomic mass is 19.1. The molecule has 162 valence electrons. The second-order valence-corrected chi connectivity index (χ2v) is 8.14. The number of nitrogens with zero attached hydrogens (tertiary/aromatic N) is 7. The van der Waals surface area contributed by atoms with Crippen molar-refractivity contribution in [2.24, 2.45) is 11.8 Å². The molecule has 1 saturated heterocycles. The summed E-state index contributed by atoms with van der Waals surface area (Å²) in [5, 5.41) is 0. The molecule has 0 bridgehead atoms. The van der Waals surface area contributed by atoms with Crippen LogP contribution in [0, 0.1) is 18.8 Å². The first kappa shape index (κ1) is 19.8. The van der Waals surface area contributed by atoms with Gasteiger partial charge in [-0.3, -0.25) is 9.18 Å². The zero-order valence-corrected chi connectivity index (χ0v) is 17.5. The Kier molecular flexibility index (Phi) is 4.99. The summed E-state index contributed by atoms with van der Waals surface area (Å²) in [6.07, 6.45) is 6.25. The fourth-order valence-electron chi connectivity index (χ4n) is 4.06. The van der Waals surface area contributed by atoms with Crippen LogP contribution < -0.4 is 4.74 Å². The van der Waals surface area contributed by atoms with E-state index in [0.717, 1.165) is 18.4 Å². The molecule has 1 amide bonds. The summed E-state index contributed by atoms with van der Waals surface area (Å²) in [5.74, 6) is 1.47. The highest BCUT2D eigenvalue weighted by molar-refractivity contribution is 5.82. The Morgan fingerprint density at radius 1 is 1.19 bits per heavy atom. The average Bonchev–Trinajstić information content (AvgIpc) is 3.45. The molecular weight excluding hydrogens is 401 g/mol. The summed E-state index contributed by atoms with van der Waals surface area (Å²) in [4.78, 5) is 36.1. The molecule has 0 spiro atoms. The molecule has 0 aromatic carbocycles. The molecule has 1 aliphatic heterocycles. The van der Waals surface area contributed by atoms with E-state index in [9.17, 15) is 9.18 Å². The molecule has 1 aliphatic carbocycles. The maximum atomic E-state index is 13.7. The first-order valence-electron chi connectivity index (χ1n) is 10.6. The van der Waals surface area contributed by atoms with Crippen molar-refractivity contribution in [1.82, 2.24) is 34.4 Å². The lowest BCUT2D eigenvalue weighted by Gasteiger charge is -2.17. The number of aryl methyl sites for hydroxylation is 2. The van der Waals surface area contributed by atoms with Crippen molar-refractivity contribution in [3.8, 4) is 17.3 Å². The molecule has 1 saturated carbocycles. The van der Waals surface area contributed by atoms with E-state index in [1.54, 1.807) is 17.3 Å². The van der Waals surface area contributed by atoms with Gasteiger partial charge >= 0.3 is 0 Å². The van der Waals surface area contributed by atoms with Crippen LogP contribution in [0.1, 0.15) is 25.6 Å². The fraction of sp³-hybridized carbons (Fsp3) is 0.524. The summed E-state index contributed by atoms with van der Waals surface area (Å²) in [7, 11) is 0. The lowest BCUT2D eigenvalue weighted by molar-refractivity contribution is -0.131. The number of likely N-dealkylation sites (tertiary alicyclic amines) is 1. The molecule has 0 N–H and O–H groups in total. The van der Waals surface area contributed by atoms with E-state index in [1.807, 2.05) is 18.4 Å². The largest absolute Gasteiger partial charge is 0.470 e. The molecule has 0 radical (unpaired) electrons. The molecule has 3 aromatic heterocycles. The van der Waals surface area contributed by atoms with Gasteiger partial charge in [0.05, 0.1) is 18.8 Å². The normalized spacial score (nSPS) is 21.1. The Balaban J connectivity index is 1.47. The van der Waals surface area contributed by atoms with Gasteiger partial charge in [-0.1, -0.05) is 0 Å². The Morgan fingerprint density at radius 2 is 1.97 bits per heavy atom. The van der Waals surface area contributed by atoms with Gasteiger partial charge < -0.3 is 14.2 Å². The Hall–Kier alpha value is -3.17. The van der Waals surface area contributed by atoms with Crippen LogP contribution in [0.3, 0.4) is 0 Å². The summed E-state index contributed by atoms with van der Waals surface area (Å²) >= 11 is 0. The molecule has 10 heteroatoms. The third-order valence-electron chi connectivity index (χ3n) is 5.93. The van der Waals surface area contributed by atoms with Gasteiger partial charge in [0.15, 0.2) is 11.2 Å². The van der Waals surface area contributed by atoms with E-state index in [1.165, 1.54) is 6.33 Å². The molecular formula is C21H24FN7O2. The van der Waals surface area contributed by atoms with Crippen LogP contribution in [-0.4, -0.2) is 66.2 Å². The van der Waals surface area contributed by atoms with Crippen LogP contribution in [0.5, 0.6) is 5.88 Å². The number of amides is 1. The standard InChI is InChI=1S/C21H24FN7O2/c1-3-29-18(15-7-23-12(2)24-8-15)27-17-19(29)25-11-26-20(17)31-16-10-28(9-14(16)6-22)21(30)13-4-5-13/h7-8,11,13-14,16H,3-6,9-10H2,1-2H3/t14-,16?/m1/s1.